The maximum atomic E-state index is 13.3. The molecule has 4 heterocycles. The van der Waals surface area contributed by atoms with Crippen molar-refractivity contribution in [2.45, 2.75) is 39.7 Å². The predicted molar refractivity (Wildman–Crippen MR) is 110 cm³/mol. The van der Waals surface area contributed by atoms with E-state index in [1.54, 1.807) is 11.3 Å². The van der Waals surface area contributed by atoms with Crippen LogP contribution in [-0.2, 0) is 0 Å². The first kappa shape index (κ1) is 19.8. The van der Waals surface area contributed by atoms with E-state index in [-0.39, 0.29) is 24.4 Å². The summed E-state index contributed by atoms with van der Waals surface area (Å²) in [5, 5.41) is 4.74. The molecule has 1 saturated heterocycles. The van der Waals surface area contributed by atoms with Gasteiger partial charge in [-0.05, 0) is 45.7 Å². The first-order valence-corrected chi connectivity index (χ1v) is 9.66. The molecule has 1 aliphatic heterocycles. The first-order valence-electron chi connectivity index (χ1n) is 8.85. The summed E-state index contributed by atoms with van der Waals surface area (Å²) in [7, 11) is 0. The van der Waals surface area contributed by atoms with E-state index < -0.39 is 0 Å². The Kier molecular flexibility index (Phi) is 5.55. The molecule has 3 aromatic heterocycles. The normalized spacial score (nSPS) is 16.7. The fraction of sp³-hybridized carbons (Fsp3) is 0.421. The second kappa shape index (κ2) is 7.58. The van der Waals surface area contributed by atoms with Gasteiger partial charge >= 0.3 is 0 Å². The quantitative estimate of drug-likeness (QED) is 0.713. The van der Waals surface area contributed by atoms with Gasteiger partial charge in [-0.1, -0.05) is 5.16 Å². The number of amides is 1. The lowest BCUT2D eigenvalue weighted by atomic mass is 10.0. The molecule has 6 nitrogen and oxygen atoms in total. The van der Waals surface area contributed by atoms with E-state index in [0.717, 1.165) is 30.6 Å². The zero-order chi connectivity index (χ0) is 18.4. The van der Waals surface area contributed by atoms with Crippen molar-refractivity contribution in [2.75, 3.05) is 13.1 Å². The van der Waals surface area contributed by atoms with E-state index in [0.29, 0.717) is 28.9 Å². The highest BCUT2D eigenvalue weighted by Gasteiger charge is 2.31. The molecule has 144 valence electrons. The molecule has 4 rings (SSSR count). The number of thiophene rings is 1. The molecule has 1 unspecified atom stereocenters. The van der Waals surface area contributed by atoms with Crippen LogP contribution in [0.4, 0.5) is 0 Å². The molecule has 1 amide bonds. The monoisotopic (exact) mass is 406 g/mol. The number of likely N-dealkylation sites (tertiary alicyclic amines) is 1. The van der Waals surface area contributed by atoms with E-state index in [1.807, 2.05) is 17.9 Å². The number of hydrogen-bond donors (Lipinski definition) is 1. The number of aromatic nitrogens is 2. The number of aryl methyl sites for hydroxylation is 3. The molecule has 0 aliphatic carbocycles. The van der Waals surface area contributed by atoms with Crippen LogP contribution in [0.25, 0.3) is 22.4 Å². The van der Waals surface area contributed by atoms with Crippen LogP contribution in [0.5, 0.6) is 0 Å². The Morgan fingerprint density at radius 2 is 2.15 bits per heavy atom. The van der Waals surface area contributed by atoms with Gasteiger partial charge in [0.15, 0.2) is 0 Å². The number of carbonyl (C=O) groups is 1. The van der Waals surface area contributed by atoms with Crippen molar-refractivity contribution in [1.29, 1.82) is 0 Å². The van der Waals surface area contributed by atoms with Crippen molar-refractivity contribution in [3.63, 3.8) is 0 Å². The lowest BCUT2D eigenvalue weighted by Crippen LogP contribution is -2.40. The second-order valence-electron chi connectivity index (χ2n) is 6.86. The summed E-state index contributed by atoms with van der Waals surface area (Å²) in [4.78, 5) is 22.2. The van der Waals surface area contributed by atoms with Gasteiger partial charge in [0.1, 0.15) is 0 Å². The van der Waals surface area contributed by atoms with Gasteiger partial charge in [0.25, 0.3) is 11.6 Å². The van der Waals surface area contributed by atoms with Gasteiger partial charge in [-0.25, -0.2) is 4.98 Å². The maximum Gasteiger partial charge on any atom is 0.259 e. The summed E-state index contributed by atoms with van der Waals surface area (Å²) in [6.45, 7) is 7.20. The SMILES string of the molecule is Cc1cc(-c2cc(C(=O)N3CCCC3CN)c3c(C)noc3n2)c(C)s1.Cl. The van der Waals surface area contributed by atoms with Crippen LogP contribution in [0.2, 0.25) is 0 Å². The van der Waals surface area contributed by atoms with Gasteiger partial charge in [0.05, 0.1) is 22.3 Å². The fourth-order valence-corrected chi connectivity index (χ4v) is 4.72. The molecule has 0 aromatic carbocycles. The predicted octanol–water partition coefficient (Wildman–Crippen LogP) is 3.86. The topological polar surface area (TPSA) is 85.2 Å². The number of halogens is 1. The Morgan fingerprint density at radius 3 is 2.81 bits per heavy atom. The standard InChI is InChI=1S/C19H22N4O2S.ClH/c1-10-7-14(12(3)26-10)16-8-15(17-11(2)22-25-18(17)21-16)19(24)23-6-4-5-13(23)9-20;/h7-8,13H,4-6,9,20H2,1-3H3;1H. The van der Waals surface area contributed by atoms with E-state index in [1.165, 1.54) is 9.75 Å². The van der Waals surface area contributed by atoms with Crippen molar-refractivity contribution < 1.29 is 9.32 Å². The van der Waals surface area contributed by atoms with Crippen molar-refractivity contribution in [3.05, 3.63) is 33.1 Å². The fourth-order valence-electron chi connectivity index (χ4n) is 3.79. The van der Waals surface area contributed by atoms with Crippen molar-refractivity contribution in [2.24, 2.45) is 5.73 Å². The largest absolute Gasteiger partial charge is 0.335 e. The zero-order valence-corrected chi connectivity index (χ0v) is 17.2. The third-order valence-electron chi connectivity index (χ3n) is 5.07. The molecule has 8 heteroatoms. The Hall–Kier alpha value is -1.96. The molecule has 0 radical (unpaired) electrons. The molecule has 0 spiro atoms. The molecule has 27 heavy (non-hydrogen) atoms. The number of hydrogen-bond acceptors (Lipinski definition) is 6. The summed E-state index contributed by atoms with van der Waals surface area (Å²) in [5.41, 5.74) is 9.36. The minimum absolute atomic E-state index is 0. The van der Waals surface area contributed by atoms with E-state index >= 15 is 0 Å². The van der Waals surface area contributed by atoms with E-state index in [9.17, 15) is 4.79 Å². The number of fused-ring (bicyclic) bond motifs is 1. The van der Waals surface area contributed by atoms with Crippen LogP contribution < -0.4 is 5.73 Å². The van der Waals surface area contributed by atoms with Crippen molar-refractivity contribution in [3.8, 4) is 11.3 Å². The van der Waals surface area contributed by atoms with Crippen LogP contribution in [0.1, 0.15) is 38.6 Å². The Morgan fingerprint density at radius 1 is 1.37 bits per heavy atom. The zero-order valence-electron chi connectivity index (χ0n) is 15.6. The van der Waals surface area contributed by atoms with Gasteiger partial charge in [-0.2, -0.15) is 0 Å². The highest BCUT2D eigenvalue weighted by Crippen LogP contribution is 2.34. The number of nitrogens with zero attached hydrogens (tertiary/aromatic N) is 3. The van der Waals surface area contributed by atoms with Gasteiger partial charge in [0, 0.05) is 34.4 Å². The molecule has 1 fully saturated rings. The van der Waals surface area contributed by atoms with E-state index in [2.05, 4.69) is 30.1 Å². The molecular weight excluding hydrogens is 384 g/mol. The van der Waals surface area contributed by atoms with Crippen LogP contribution in [0.3, 0.4) is 0 Å². The number of carbonyl (C=O) groups excluding carboxylic acids is 1. The Balaban J connectivity index is 0.00000210. The summed E-state index contributed by atoms with van der Waals surface area (Å²) >= 11 is 1.72. The Bertz CT molecular complexity index is 997. The second-order valence-corrected chi connectivity index (χ2v) is 8.32. The Labute approximate surface area is 168 Å². The van der Waals surface area contributed by atoms with Crippen LogP contribution in [0.15, 0.2) is 16.7 Å². The highest BCUT2D eigenvalue weighted by atomic mass is 35.5. The summed E-state index contributed by atoms with van der Waals surface area (Å²) in [6, 6.07) is 4.08. The molecule has 1 aliphatic rings. The summed E-state index contributed by atoms with van der Waals surface area (Å²) < 4.78 is 5.41. The van der Waals surface area contributed by atoms with Gasteiger partial charge in [-0.15, -0.1) is 23.7 Å². The molecule has 1 atom stereocenters. The van der Waals surface area contributed by atoms with Crippen LogP contribution >= 0.6 is 23.7 Å². The van der Waals surface area contributed by atoms with Gasteiger partial charge in [0.2, 0.25) is 0 Å². The maximum absolute atomic E-state index is 13.3. The third kappa shape index (κ3) is 3.35. The van der Waals surface area contributed by atoms with Crippen LogP contribution in [-0.4, -0.2) is 40.1 Å². The first-order chi connectivity index (χ1) is 12.5. The molecule has 3 aromatic rings. The third-order valence-corrected chi connectivity index (χ3v) is 6.04. The average molecular weight is 407 g/mol. The summed E-state index contributed by atoms with van der Waals surface area (Å²) in [6.07, 6.45) is 1.94. The van der Waals surface area contributed by atoms with Gasteiger partial charge in [-0.3, -0.25) is 4.79 Å². The molecule has 0 saturated carbocycles. The minimum Gasteiger partial charge on any atom is -0.335 e. The highest BCUT2D eigenvalue weighted by molar-refractivity contribution is 7.12. The lowest BCUT2D eigenvalue weighted by Gasteiger charge is -2.24. The minimum atomic E-state index is -0.0116. The average Bonchev–Trinajstić information content (AvgIpc) is 3.32. The van der Waals surface area contributed by atoms with E-state index in [4.69, 9.17) is 10.3 Å². The number of pyridine rings is 1. The van der Waals surface area contributed by atoms with Gasteiger partial charge < -0.3 is 15.2 Å². The van der Waals surface area contributed by atoms with Crippen LogP contribution in [0, 0.1) is 20.8 Å². The number of rotatable bonds is 3. The molecular formula is C19H23ClN4O2S. The van der Waals surface area contributed by atoms with Crippen molar-refractivity contribution >= 4 is 40.8 Å². The smallest absolute Gasteiger partial charge is 0.259 e. The summed E-state index contributed by atoms with van der Waals surface area (Å²) in [5.74, 6) is -0.0116. The molecule has 2 N–H and O–H groups in total. The van der Waals surface area contributed by atoms with Crippen molar-refractivity contribution in [1.82, 2.24) is 15.0 Å². The molecule has 0 bridgehead atoms. The lowest BCUT2D eigenvalue weighted by molar-refractivity contribution is 0.0743. The number of nitrogens with two attached hydrogens (primary N) is 1.